The van der Waals surface area contributed by atoms with Crippen LogP contribution >= 0.6 is 0 Å². The van der Waals surface area contributed by atoms with Gasteiger partial charge < -0.3 is 19.5 Å². The zero-order valence-corrected chi connectivity index (χ0v) is 19.6. The van der Waals surface area contributed by atoms with Crippen molar-refractivity contribution in [1.82, 2.24) is 9.88 Å². The number of aromatic nitrogens is 1. The highest BCUT2D eigenvalue weighted by molar-refractivity contribution is 5.82. The third-order valence-corrected chi connectivity index (χ3v) is 8.44. The Bertz CT molecular complexity index is 1220. The molecule has 184 valence electrons. The number of carbonyl (C=O) groups excluding carboxylic acids is 1. The van der Waals surface area contributed by atoms with Crippen LogP contribution in [0.15, 0.2) is 41.2 Å². The molecule has 2 aromatic rings. The number of anilines is 1. The monoisotopic (exact) mass is 478 g/mol. The van der Waals surface area contributed by atoms with Crippen LogP contribution in [-0.2, 0) is 22.5 Å². The number of nitrogens with zero attached hydrogens (tertiary/aromatic N) is 3. The van der Waals surface area contributed by atoms with Gasteiger partial charge in [-0.15, -0.1) is 0 Å². The molecule has 4 aliphatic heterocycles. The fraction of sp³-hybridized carbons (Fsp3) is 0.538. The largest absolute Gasteiger partial charge is 0.381 e. The lowest BCUT2D eigenvalue weighted by atomic mass is 9.70. The van der Waals surface area contributed by atoms with E-state index in [-0.39, 0.29) is 45.9 Å². The fourth-order valence-corrected chi connectivity index (χ4v) is 6.78. The molecular formula is C26H30N4O5. The Hall–Kier alpha value is -3.20. The van der Waals surface area contributed by atoms with Gasteiger partial charge in [-0.3, -0.25) is 19.7 Å². The van der Waals surface area contributed by atoms with E-state index >= 15 is 0 Å². The molecule has 1 aromatic heterocycles. The van der Waals surface area contributed by atoms with Gasteiger partial charge >= 0.3 is 0 Å². The van der Waals surface area contributed by atoms with Gasteiger partial charge in [-0.25, -0.2) is 0 Å². The summed E-state index contributed by atoms with van der Waals surface area (Å²) in [5.74, 6) is 0.440. The molecule has 0 aliphatic carbocycles. The number of hydrogen-bond acceptors (Lipinski definition) is 6. The first kappa shape index (κ1) is 22.3. The summed E-state index contributed by atoms with van der Waals surface area (Å²) >= 11 is 0. The van der Waals surface area contributed by atoms with E-state index < -0.39 is 0 Å². The van der Waals surface area contributed by atoms with E-state index in [1.807, 2.05) is 22.8 Å². The zero-order valence-electron chi connectivity index (χ0n) is 19.6. The lowest BCUT2D eigenvalue weighted by Crippen LogP contribution is -2.61. The molecule has 9 nitrogen and oxygen atoms in total. The number of nitro groups is 1. The first-order valence-electron chi connectivity index (χ1n) is 12.6. The molecule has 1 aromatic carbocycles. The van der Waals surface area contributed by atoms with Crippen molar-refractivity contribution in [3.8, 4) is 0 Å². The van der Waals surface area contributed by atoms with Crippen molar-refractivity contribution in [3.05, 3.63) is 68.1 Å². The molecule has 9 heteroatoms. The van der Waals surface area contributed by atoms with Crippen molar-refractivity contribution in [1.29, 1.82) is 0 Å². The number of ether oxygens (including phenoxy) is 1. The normalized spacial score (nSPS) is 27.4. The second-order valence-corrected chi connectivity index (χ2v) is 10.4. The number of piperidine rings is 1. The molecule has 2 saturated heterocycles. The third kappa shape index (κ3) is 3.91. The van der Waals surface area contributed by atoms with Gasteiger partial charge in [-0.1, -0.05) is 6.07 Å². The van der Waals surface area contributed by atoms with Crippen molar-refractivity contribution in [2.45, 2.75) is 44.2 Å². The summed E-state index contributed by atoms with van der Waals surface area (Å²) in [5.41, 5.74) is 2.94. The number of benzene rings is 1. The van der Waals surface area contributed by atoms with Gasteiger partial charge in [0.25, 0.3) is 11.2 Å². The summed E-state index contributed by atoms with van der Waals surface area (Å²) in [6.07, 6.45) is 3.30. The van der Waals surface area contributed by atoms with Crippen LogP contribution in [0, 0.1) is 27.9 Å². The van der Waals surface area contributed by atoms with E-state index in [2.05, 4.69) is 10.2 Å². The summed E-state index contributed by atoms with van der Waals surface area (Å²) in [7, 11) is 0. The second kappa shape index (κ2) is 8.78. The lowest BCUT2D eigenvalue weighted by molar-refractivity contribution is -0.384. The molecule has 5 heterocycles. The molecule has 2 bridgehead atoms. The topological polar surface area (TPSA) is 107 Å². The van der Waals surface area contributed by atoms with Crippen LogP contribution in [0.3, 0.4) is 0 Å². The van der Waals surface area contributed by atoms with Gasteiger partial charge in [0.05, 0.1) is 10.8 Å². The zero-order chi connectivity index (χ0) is 24.1. The highest BCUT2D eigenvalue weighted by Crippen LogP contribution is 2.47. The molecule has 0 radical (unpaired) electrons. The SMILES string of the molecule is O=C(NCC1CCOCC1)[C@@H]1Cc2cc([N+](=O)[O-])ccc2N2CC3CC(Cn4c3cccc4=O)[C@@H]12. The Morgan fingerprint density at radius 2 is 2.00 bits per heavy atom. The van der Waals surface area contributed by atoms with Crippen LogP contribution in [0.5, 0.6) is 0 Å². The molecule has 2 unspecified atom stereocenters. The van der Waals surface area contributed by atoms with Gasteiger partial charge in [0.2, 0.25) is 5.91 Å². The van der Waals surface area contributed by atoms with Crippen LogP contribution in [0.4, 0.5) is 11.4 Å². The van der Waals surface area contributed by atoms with Gasteiger partial charge in [0.15, 0.2) is 0 Å². The summed E-state index contributed by atoms with van der Waals surface area (Å²) in [6.45, 7) is 3.38. The van der Waals surface area contributed by atoms with Crippen LogP contribution in [-0.4, -0.2) is 47.7 Å². The Morgan fingerprint density at radius 3 is 2.80 bits per heavy atom. The number of nitro benzene ring substituents is 1. The average molecular weight is 479 g/mol. The number of nitrogens with one attached hydrogen (secondary N) is 1. The van der Waals surface area contributed by atoms with E-state index in [4.69, 9.17) is 4.74 Å². The molecule has 2 fully saturated rings. The van der Waals surface area contributed by atoms with E-state index in [0.29, 0.717) is 32.0 Å². The number of hydrogen-bond donors (Lipinski definition) is 1. The minimum Gasteiger partial charge on any atom is -0.381 e. The Morgan fingerprint density at radius 1 is 1.17 bits per heavy atom. The van der Waals surface area contributed by atoms with Crippen molar-refractivity contribution in [2.24, 2.45) is 17.8 Å². The van der Waals surface area contributed by atoms with Gasteiger partial charge in [-0.05, 0) is 55.2 Å². The van der Waals surface area contributed by atoms with Crippen molar-refractivity contribution in [3.63, 3.8) is 0 Å². The maximum atomic E-state index is 13.6. The van der Waals surface area contributed by atoms with Gasteiger partial charge in [-0.2, -0.15) is 0 Å². The number of rotatable bonds is 4. The molecule has 0 saturated carbocycles. The minimum atomic E-state index is -0.375. The van der Waals surface area contributed by atoms with Gasteiger partial charge in [0.1, 0.15) is 0 Å². The second-order valence-electron chi connectivity index (χ2n) is 10.4. The molecule has 35 heavy (non-hydrogen) atoms. The first-order chi connectivity index (χ1) is 17.0. The molecule has 6 rings (SSSR count). The quantitative estimate of drug-likeness (QED) is 0.535. The Labute approximate surface area is 203 Å². The first-order valence-corrected chi connectivity index (χ1v) is 12.6. The Kier molecular flexibility index (Phi) is 5.59. The highest BCUT2D eigenvalue weighted by atomic mass is 16.6. The number of fused-ring (bicyclic) bond motifs is 8. The lowest BCUT2D eigenvalue weighted by Gasteiger charge is -2.54. The predicted molar refractivity (Wildman–Crippen MR) is 130 cm³/mol. The summed E-state index contributed by atoms with van der Waals surface area (Å²) < 4.78 is 7.33. The standard InChI is InChI=1S/C26H30N4O5/c31-24-3-1-2-22-18-10-19(15-28(22)24)25-21(26(32)27-13-16-6-8-35-9-7-16)12-17-11-20(30(33)34)4-5-23(17)29(25)14-18/h1-5,11,16,18-19,21,25H,6-10,12-15H2,(H,27,32)/t18?,19?,21-,25+/m1/s1. The smallest absolute Gasteiger partial charge is 0.269 e. The maximum absolute atomic E-state index is 13.6. The number of non-ortho nitro benzene ring substituents is 1. The molecule has 4 atom stereocenters. The third-order valence-electron chi connectivity index (χ3n) is 8.44. The van der Waals surface area contributed by atoms with E-state index in [1.54, 1.807) is 18.2 Å². The van der Waals surface area contributed by atoms with Crippen molar-refractivity contribution >= 4 is 17.3 Å². The summed E-state index contributed by atoms with van der Waals surface area (Å²) in [4.78, 5) is 39.7. The average Bonchev–Trinajstić information content (AvgIpc) is 2.87. The Balaban J connectivity index is 1.35. The van der Waals surface area contributed by atoms with Crippen LogP contribution in [0.25, 0.3) is 0 Å². The molecule has 4 aliphatic rings. The number of pyridine rings is 1. The molecule has 1 amide bonds. The van der Waals surface area contributed by atoms with Crippen LogP contribution in [0.2, 0.25) is 0 Å². The molecule has 1 N–H and O–H groups in total. The number of carbonyl (C=O) groups is 1. The predicted octanol–water partition coefficient (Wildman–Crippen LogP) is 2.46. The van der Waals surface area contributed by atoms with Crippen molar-refractivity contribution < 1.29 is 14.5 Å². The van der Waals surface area contributed by atoms with E-state index in [0.717, 1.165) is 49.4 Å². The number of amides is 1. The van der Waals surface area contributed by atoms with Crippen LogP contribution in [0.1, 0.15) is 36.4 Å². The van der Waals surface area contributed by atoms with E-state index in [1.165, 1.54) is 0 Å². The summed E-state index contributed by atoms with van der Waals surface area (Å²) in [6, 6.07) is 10.4. The summed E-state index contributed by atoms with van der Waals surface area (Å²) in [5, 5.41) is 14.7. The van der Waals surface area contributed by atoms with Gasteiger partial charge in [0, 0.05) is 74.4 Å². The van der Waals surface area contributed by atoms with Crippen LogP contribution < -0.4 is 15.8 Å². The highest BCUT2D eigenvalue weighted by Gasteiger charge is 2.49. The van der Waals surface area contributed by atoms with E-state index in [9.17, 15) is 19.7 Å². The minimum absolute atomic E-state index is 0.00769. The fourth-order valence-electron chi connectivity index (χ4n) is 6.78. The maximum Gasteiger partial charge on any atom is 0.269 e. The molecule has 0 spiro atoms. The molecular weight excluding hydrogens is 448 g/mol. The van der Waals surface area contributed by atoms with Crippen molar-refractivity contribution in [2.75, 3.05) is 31.2 Å².